The van der Waals surface area contributed by atoms with Gasteiger partial charge in [-0.25, -0.2) is 0 Å². The molecule has 1 aliphatic heterocycles. The van der Waals surface area contributed by atoms with E-state index in [2.05, 4.69) is 15.8 Å². The van der Waals surface area contributed by atoms with Crippen molar-refractivity contribution < 1.29 is 9.90 Å². The van der Waals surface area contributed by atoms with Crippen molar-refractivity contribution in [3.05, 3.63) is 24.0 Å². The van der Waals surface area contributed by atoms with Gasteiger partial charge in [-0.1, -0.05) is 5.92 Å². The summed E-state index contributed by atoms with van der Waals surface area (Å²) in [5, 5.41) is 9.31. The Kier molecular flexibility index (Phi) is 3.80. The van der Waals surface area contributed by atoms with Crippen molar-refractivity contribution in [2.24, 2.45) is 0 Å². The SMILES string of the molecule is C#CCN1CCN(C(=O)c2cncc(O)c2)CC1. The van der Waals surface area contributed by atoms with E-state index >= 15 is 0 Å². The van der Waals surface area contributed by atoms with Gasteiger partial charge in [-0.05, 0) is 6.07 Å². The van der Waals surface area contributed by atoms with Gasteiger partial charge in [0.05, 0.1) is 18.3 Å². The molecule has 0 bridgehead atoms. The lowest BCUT2D eigenvalue weighted by atomic mass is 10.2. The molecule has 1 aromatic heterocycles. The molecule has 1 saturated heterocycles. The molecule has 1 amide bonds. The summed E-state index contributed by atoms with van der Waals surface area (Å²) in [5.74, 6) is 2.51. The molecular formula is C13H15N3O2. The van der Waals surface area contributed by atoms with Crippen molar-refractivity contribution in [3.8, 4) is 18.1 Å². The van der Waals surface area contributed by atoms with Gasteiger partial charge < -0.3 is 10.0 Å². The topological polar surface area (TPSA) is 56.7 Å². The number of piperazine rings is 1. The van der Waals surface area contributed by atoms with Crippen LogP contribution in [0, 0.1) is 12.3 Å². The standard InChI is InChI=1S/C13H15N3O2/c1-2-3-15-4-6-16(7-5-15)13(18)11-8-12(17)10-14-9-11/h1,8-10,17H,3-7H2. The fraction of sp³-hybridized carbons (Fsp3) is 0.385. The van der Waals surface area contributed by atoms with Crippen molar-refractivity contribution in [3.63, 3.8) is 0 Å². The molecule has 5 heteroatoms. The first-order chi connectivity index (χ1) is 8.70. The van der Waals surface area contributed by atoms with Crippen LogP contribution in [0.4, 0.5) is 0 Å². The molecule has 0 radical (unpaired) electrons. The second kappa shape index (κ2) is 5.52. The second-order valence-electron chi connectivity index (χ2n) is 4.20. The lowest BCUT2D eigenvalue weighted by Gasteiger charge is -2.33. The molecule has 94 valence electrons. The fourth-order valence-corrected chi connectivity index (χ4v) is 1.97. The van der Waals surface area contributed by atoms with Crippen LogP contribution in [0.5, 0.6) is 5.75 Å². The fourth-order valence-electron chi connectivity index (χ4n) is 1.97. The number of pyridine rings is 1. The Labute approximate surface area is 106 Å². The van der Waals surface area contributed by atoms with Crippen LogP contribution in [0.2, 0.25) is 0 Å². The summed E-state index contributed by atoms with van der Waals surface area (Å²) in [6.45, 7) is 3.48. The zero-order valence-electron chi connectivity index (χ0n) is 10.0. The smallest absolute Gasteiger partial charge is 0.255 e. The van der Waals surface area contributed by atoms with E-state index in [4.69, 9.17) is 6.42 Å². The molecule has 1 N–H and O–H groups in total. The summed E-state index contributed by atoms with van der Waals surface area (Å²) in [5.41, 5.74) is 0.417. The van der Waals surface area contributed by atoms with Gasteiger partial charge >= 0.3 is 0 Å². The Bertz CT molecular complexity index is 473. The van der Waals surface area contributed by atoms with E-state index < -0.39 is 0 Å². The monoisotopic (exact) mass is 245 g/mol. The first-order valence-electron chi connectivity index (χ1n) is 5.80. The highest BCUT2D eigenvalue weighted by Gasteiger charge is 2.21. The van der Waals surface area contributed by atoms with Crippen LogP contribution in [0.3, 0.4) is 0 Å². The van der Waals surface area contributed by atoms with Gasteiger partial charge in [0.25, 0.3) is 5.91 Å². The Morgan fingerprint density at radius 3 is 2.72 bits per heavy atom. The van der Waals surface area contributed by atoms with Crippen LogP contribution in [0.1, 0.15) is 10.4 Å². The van der Waals surface area contributed by atoms with E-state index in [-0.39, 0.29) is 11.7 Å². The summed E-state index contributed by atoms with van der Waals surface area (Å²) >= 11 is 0. The predicted octanol–water partition coefficient (Wildman–Crippen LogP) is 0.178. The summed E-state index contributed by atoms with van der Waals surface area (Å²) in [4.78, 5) is 19.8. The predicted molar refractivity (Wildman–Crippen MR) is 67.1 cm³/mol. The number of rotatable bonds is 2. The Hall–Kier alpha value is -2.06. The third-order valence-electron chi connectivity index (χ3n) is 2.95. The Balaban J connectivity index is 1.98. The van der Waals surface area contributed by atoms with Crippen molar-refractivity contribution in [2.75, 3.05) is 32.7 Å². The number of aromatic nitrogens is 1. The number of hydrogen-bond acceptors (Lipinski definition) is 4. The minimum atomic E-state index is -0.0984. The second-order valence-corrected chi connectivity index (χ2v) is 4.20. The van der Waals surface area contributed by atoms with Gasteiger partial charge in [0.2, 0.25) is 0 Å². The maximum Gasteiger partial charge on any atom is 0.255 e. The van der Waals surface area contributed by atoms with Gasteiger partial charge in [0.15, 0.2) is 0 Å². The number of aromatic hydroxyl groups is 1. The van der Waals surface area contributed by atoms with E-state index in [9.17, 15) is 9.90 Å². The van der Waals surface area contributed by atoms with Crippen LogP contribution in [0.15, 0.2) is 18.5 Å². The normalized spacial score (nSPS) is 16.3. The minimum absolute atomic E-state index is 0.00631. The highest BCUT2D eigenvalue weighted by Crippen LogP contribution is 2.12. The van der Waals surface area contributed by atoms with Gasteiger partial charge in [-0.3, -0.25) is 14.7 Å². The maximum absolute atomic E-state index is 12.1. The average molecular weight is 245 g/mol. The zero-order chi connectivity index (χ0) is 13.0. The van der Waals surface area contributed by atoms with E-state index in [0.717, 1.165) is 13.1 Å². The molecule has 0 aromatic carbocycles. The molecule has 2 rings (SSSR count). The quantitative estimate of drug-likeness (QED) is 0.755. The molecule has 0 spiro atoms. The van der Waals surface area contributed by atoms with Crippen LogP contribution in [0.25, 0.3) is 0 Å². The molecule has 0 aliphatic carbocycles. The van der Waals surface area contributed by atoms with E-state index in [1.165, 1.54) is 18.5 Å². The highest BCUT2D eigenvalue weighted by molar-refractivity contribution is 5.94. The first kappa shape index (κ1) is 12.4. The maximum atomic E-state index is 12.1. The van der Waals surface area contributed by atoms with E-state index in [1.807, 2.05) is 0 Å². The lowest BCUT2D eigenvalue weighted by Crippen LogP contribution is -2.48. The molecule has 1 aromatic rings. The molecular weight excluding hydrogens is 230 g/mol. The summed E-state index contributed by atoms with van der Waals surface area (Å²) in [6.07, 6.45) is 8.03. The van der Waals surface area contributed by atoms with E-state index in [1.54, 1.807) is 4.90 Å². The van der Waals surface area contributed by atoms with Gasteiger partial charge in [0.1, 0.15) is 5.75 Å². The number of carbonyl (C=O) groups is 1. The summed E-state index contributed by atoms with van der Waals surface area (Å²) < 4.78 is 0. The van der Waals surface area contributed by atoms with Crippen molar-refractivity contribution in [2.45, 2.75) is 0 Å². The van der Waals surface area contributed by atoms with Crippen LogP contribution in [-0.2, 0) is 0 Å². The van der Waals surface area contributed by atoms with Crippen LogP contribution >= 0.6 is 0 Å². The van der Waals surface area contributed by atoms with Gasteiger partial charge in [-0.2, -0.15) is 0 Å². The number of terminal acetylenes is 1. The molecule has 5 nitrogen and oxygen atoms in total. The Morgan fingerprint density at radius 1 is 1.39 bits per heavy atom. The van der Waals surface area contributed by atoms with Crippen LogP contribution in [-0.4, -0.2) is 58.5 Å². The highest BCUT2D eigenvalue weighted by atomic mass is 16.3. The minimum Gasteiger partial charge on any atom is -0.506 e. The molecule has 0 saturated carbocycles. The molecule has 0 unspecified atom stereocenters. The van der Waals surface area contributed by atoms with E-state index in [0.29, 0.717) is 25.2 Å². The summed E-state index contributed by atoms with van der Waals surface area (Å²) in [7, 11) is 0. The van der Waals surface area contributed by atoms with Gasteiger partial charge in [-0.15, -0.1) is 6.42 Å². The summed E-state index contributed by atoms with van der Waals surface area (Å²) in [6, 6.07) is 1.43. The molecule has 18 heavy (non-hydrogen) atoms. The molecule has 0 atom stereocenters. The average Bonchev–Trinajstić information content (AvgIpc) is 2.39. The zero-order valence-corrected chi connectivity index (χ0v) is 10.0. The molecule has 1 aliphatic rings. The number of amides is 1. The van der Waals surface area contributed by atoms with Crippen LogP contribution < -0.4 is 0 Å². The largest absolute Gasteiger partial charge is 0.506 e. The third-order valence-corrected chi connectivity index (χ3v) is 2.95. The van der Waals surface area contributed by atoms with Gasteiger partial charge in [0, 0.05) is 32.4 Å². The number of hydrogen-bond donors (Lipinski definition) is 1. The van der Waals surface area contributed by atoms with Crippen molar-refractivity contribution in [1.29, 1.82) is 0 Å². The molecule has 2 heterocycles. The molecule has 1 fully saturated rings. The lowest BCUT2D eigenvalue weighted by molar-refractivity contribution is 0.0651. The van der Waals surface area contributed by atoms with Crippen molar-refractivity contribution in [1.82, 2.24) is 14.8 Å². The Morgan fingerprint density at radius 2 is 2.11 bits per heavy atom. The first-order valence-corrected chi connectivity index (χ1v) is 5.80. The van der Waals surface area contributed by atoms with Crippen molar-refractivity contribution >= 4 is 5.91 Å². The number of carbonyl (C=O) groups excluding carboxylic acids is 1. The third kappa shape index (κ3) is 2.79. The number of nitrogens with zero attached hydrogens (tertiary/aromatic N) is 3.